The number of imide groups is 1. The van der Waals surface area contributed by atoms with Gasteiger partial charge in [-0.2, -0.15) is 0 Å². The summed E-state index contributed by atoms with van der Waals surface area (Å²) in [5.41, 5.74) is 1.15. The third-order valence-electron chi connectivity index (χ3n) is 7.28. The predicted molar refractivity (Wildman–Crippen MR) is 157 cm³/mol. The van der Waals surface area contributed by atoms with Crippen molar-refractivity contribution in [2.75, 3.05) is 24.6 Å². The van der Waals surface area contributed by atoms with Crippen molar-refractivity contribution in [3.63, 3.8) is 0 Å². The van der Waals surface area contributed by atoms with E-state index in [-0.39, 0.29) is 29.2 Å². The molecule has 2 fully saturated rings. The summed E-state index contributed by atoms with van der Waals surface area (Å²) < 4.78 is 7.69. The first-order valence-electron chi connectivity index (χ1n) is 12.5. The molecule has 3 amide bonds. The molecule has 202 valence electrons. The summed E-state index contributed by atoms with van der Waals surface area (Å²) in [4.78, 5) is 59.3. The largest absolute Gasteiger partial charge is 0.483 e. The number of piperidine rings is 1. The summed E-state index contributed by atoms with van der Waals surface area (Å²) in [5.74, 6) is -1.64. The number of nitrogens with one attached hydrogen (secondary N) is 1. The van der Waals surface area contributed by atoms with Crippen molar-refractivity contribution in [1.29, 1.82) is 0 Å². The second-order valence-corrected chi connectivity index (χ2v) is 13.6. The maximum Gasteiger partial charge on any atom is 0.305 e. The Morgan fingerprint density at radius 2 is 1.69 bits per heavy atom. The van der Waals surface area contributed by atoms with Gasteiger partial charge in [-0.3, -0.25) is 19.2 Å². The van der Waals surface area contributed by atoms with Crippen LogP contribution in [0.5, 0.6) is 5.75 Å². The Balaban J connectivity index is 1.39. The number of hydrogen-bond acceptors (Lipinski definition) is 7. The number of ether oxygens (including phenoxy) is 1. The number of thioether (sulfide) groups is 1. The molecule has 3 aliphatic heterocycles. The van der Waals surface area contributed by atoms with Crippen LogP contribution in [0.2, 0.25) is 0 Å². The van der Waals surface area contributed by atoms with Crippen molar-refractivity contribution in [2.24, 2.45) is 5.92 Å². The van der Waals surface area contributed by atoms with Gasteiger partial charge < -0.3 is 14.6 Å². The normalized spacial score (nSPS) is 22.6. The molecule has 0 bridgehead atoms. The Bertz CT molecular complexity index is 1520. The van der Waals surface area contributed by atoms with E-state index in [1.807, 2.05) is 17.0 Å². The fourth-order valence-electron chi connectivity index (χ4n) is 5.46. The van der Waals surface area contributed by atoms with Gasteiger partial charge in [0.25, 0.3) is 5.91 Å². The molecule has 2 unspecified atom stereocenters. The molecular weight excluding hydrogens is 670 g/mol. The molecule has 1 aromatic heterocycles. The van der Waals surface area contributed by atoms with Crippen LogP contribution >= 0.6 is 55.0 Å². The number of benzene rings is 2. The minimum Gasteiger partial charge on any atom is -0.483 e. The first-order valence-corrected chi connectivity index (χ1v) is 15.8. The van der Waals surface area contributed by atoms with Crippen LogP contribution in [0.1, 0.15) is 35.6 Å². The molecule has 0 radical (unpaired) electrons. The number of halogens is 2. The average Bonchev–Trinajstić information content (AvgIpc) is 3.43. The highest BCUT2D eigenvalue weighted by Gasteiger charge is 2.56. The molecule has 39 heavy (non-hydrogen) atoms. The Kier molecular flexibility index (Phi) is 7.47. The number of amides is 3. The van der Waals surface area contributed by atoms with E-state index in [0.29, 0.717) is 26.9 Å². The lowest BCUT2D eigenvalue weighted by Crippen LogP contribution is -2.38. The number of aromatic nitrogens is 1. The summed E-state index contributed by atoms with van der Waals surface area (Å²) >= 11 is 9.21. The molecule has 4 heterocycles. The van der Waals surface area contributed by atoms with Crippen molar-refractivity contribution >= 4 is 78.4 Å². The number of thiazole rings is 1. The second kappa shape index (κ2) is 10.9. The zero-order chi connectivity index (χ0) is 27.3. The summed E-state index contributed by atoms with van der Waals surface area (Å²) in [6.07, 6.45) is 3.09. The number of hydrogen-bond donors (Lipinski definition) is 1. The summed E-state index contributed by atoms with van der Waals surface area (Å²) in [5, 5.41) is -0.129. The van der Waals surface area contributed by atoms with Gasteiger partial charge in [-0.05, 0) is 61.7 Å². The predicted octanol–water partition coefficient (Wildman–Crippen LogP) is 5.15. The van der Waals surface area contributed by atoms with E-state index in [4.69, 9.17) is 4.74 Å². The van der Waals surface area contributed by atoms with Gasteiger partial charge in [0.2, 0.25) is 11.8 Å². The van der Waals surface area contributed by atoms with E-state index in [1.54, 1.807) is 30.3 Å². The number of nitrogens with zero attached hydrogens (tertiary/aromatic N) is 2. The Hall–Kier alpha value is -2.41. The van der Waals surface area contributed by atoms with Gasteiger partial charge in [-0.25, -0.2) is 4.90 Å². The van der Waals surface area contributed by atoms with Crippen LogP contribution in [0, 0.1) is 5.92 Å². The standard InChI is InChI=1S/C27H23Br2N3O5S2/c28-14-4-7-16(8-5-14)32-25(34)21-20(22-24(30-27(36)39-22)38-23(21)26(32)35)17-12-15(29)6-9-18(17)37-13-19(33)31-10-2-1-3-11-31/h4-9,12,20-21,23H,1-3,10-11,13H2,(H,30,36)/t20-,21?,23?/m1/s1. The van der Waals surface area contributed by atoms with Crippen molar-refractivity contribution in [3.8, 4) is 5.75 Å². The SMILES string of the molecule is O=C(COc1ccc(Br)cc1[C@H]1c2sc(=O)[nH]c2SC2C(=O)N(c3ccc(Br)cc3)C(=O)C21)N1CCCCC1. The van der Waals surface area contributed by atoms with E-state index in [0.717, 1.165) is 52.6 Å². The van der Waals surface area contributed by atoms with E-state index in [1.165, 1.54) is 16.7 Å². The van der Waals surface area contributed by atoms with Crippen LogP contribution in [0.15, 0.2) is 61.2 Å². The number of anilines is 1. The first kappa shape index (κ1) is 26.8. The number of aromatic amines is 1. The van der Waals surface area contributed by atoms with Gasteiger partial charge in [0.15, 0.2) is 6.61 Å². The minimum atomic E-state index is -0.750. The molecule has 2 saturated heterocycles. The summed E-state index contributed by atoms with van der Waals surface area (Å²) in [7, 11) is 0. The smallest absolute Gasteiger partial charge is 0.305 e. The van der Waals surface area contributed by atoms with Crippen LogP contribution < -0.4 is 14.5 Å². The van der Waals surface area contributed by atoms with Crippen LogP contribution in [-0.4, -0.2) is 52.6 Å². The number of rotatable bonds is 5. The van der Waals surface area contributed by atoms with Crippen LogP contribution in [0.4, 0.5) is 5.69 Å². The van der Waals surface area contributed by atoms with E-state index in [2.05, 4.69) is 36.8 Å². The molecule has 8 nitrogen and oxygen atoms in total. The molecule has 0 spiro atoms. The van der Waals surface area contributed by atoms with Crippen molar-refractivity contribution in [2.45, 2.75) is 35.5 Å². The zero-order valence-corrected chi connectivity index (χ0v) is 25.3. The lowest BCUT2D eigenvalue weighted by Gasteiger charge is -2.31. The number of fused-ring (bicyclic) bond motifs is 2. The van der Waals surface area contributed by atoms with Crippen molar-refractivity contribution in [1.82, 2.24) is 9.88 Å². The molecule has 6 rings (SSSR count). The highest BCUT2D eigenvalue weighted by molar-refractivity contribution is 9.10. The van der Waals surface area contributed by atoms with Gasteiger partial charge >= 0.3 is 4.87 Å². The van der Waals surface area contributed by atoms with Gasteiger partial charge in [-0.15, -0.1) is 0 Å². The van der Waals surface area contributed by atoms with E-state index >= 15 is 0 Å². The van der Waals surface area contributed by atoms with Gasteiger partial charge in [0.1, 0.15) is 11.0 Å². The molecule has 3 aliphatic rings. The maximum atomic E-state index is 14.0. The van der Waals surface area contributed by atoms with Crippen LogP contribution in [0.25, 0.3) is 0 Å². The summed E-state index contributed by atoms with van der Waals surface area (Å²) in [6.45, 7) is 1.32. The Morgan fingerprint density at radius 3 is 2.44 bits per heavy atom. The molecule has 0 saturated carbocycles. The molecular formula is C27H23Br2N3O5S2. The maximum absolute atomic E-state index is 14.0. The lowest BCUT2D eigenvalue weighted by molar-refractivity contribution is -0.134. The third kappa shape index (κ3) is 5.00. The third-order valence-corrected chi connectivity index (χ3v) is 10.7. The van der Waals surface area contributed by atoms with Gasteiger partial charge in [-0.1, -0.05) is 55.0 Å². The number of carbonyl (C=O) groups excluding carboxylic acids is 3. The monoisotopic (exact) mass is 691 g/mol. The molecule has 3 aromatic rings. The first-order chi connectivity index (χ1) is 18.8. The number of H-pyrrole nitrogens is 1. The fraction of sp³-hybridized carbons (Fsp3) is 0.333. The second-order valence-electron chi connectivity index (χ2n) is 9.65. The Labute approximate surface area is 249 Å². The molecule has 12 heteroatoms. The topological polar surface area (TPSA) is 99.8 Å². The highest BCUT2D eigenvalue weighted by atomic mass is 79.9. The fourth-order valence-corrected chi connectivity index (χ4v) is 8.61. The molecule has 2 aromatic carbocycles. The highest BCUT2D eigenvalue weighted by Crippen LogP contribution is 2.54. The molecule has 3 atom stereocenters. The average molecular weight is 693 g/mol. The number of likely N-dealkylation sites (tertiary alicyclic amines) is 1. The van der Waals surface area contributed by atoms with Gasteiger partial charge in [0.05, 0.1) is 16.6 Å². The summed E-state index contributed by atoms with van der Waals surface area (Å²) in [6, 6.07) is 12.5. The van der Waals surface area contributed by atoms with E-state index in [9.17, 15) is 19.2 Å². The zero-order valence-electron chi connectivity index (χ0n) is 20.5. The van der Waals surface area contributed by atoms with Crippen LogP contribution in [0.3, 0.4) is 0 Å². The Morgan fingerprint density at radius 1 is 0.974 bits per heavy atom. The molecule has 1 N–H and O–H groups in total. The quantitative estimate of drug-likeness (QED) is 0.372. The van der Waals surface area contributed by atoms with Crippen molar-refractivity contribution < 1.29 is 19.1 Å². The number of carbonyl (C=O) groups is 3. The van der Waals surface area contributed by atoms with Crippen LogP contribution in [-0.2, 0) is 14.4 Å². The van der Waals surface area contributed by atoms with E-state index < -0.39 is 17.1 Å². The molecule has 0 aliphatic carbocycles. The van der Waals surface area contributed by atoms with Gasteiger partial charge in [0, 0.05) is 38.4 Å². The minimum absolute atomic E-state index is 0.0823. The van der Waals surface area contributed by atoms with Crippen molar-refractivity contribution in [3.05, 3.63) is 71.5 Å². The lowest BCUT2D eigenvalue weighted by atomic mass is 9.82.